The number of H-pyrrole nitrogens is 1. The van der Waals surface area contributed by atoms with Crippen molar-refractivity contribution in [1.82, 2.24) is 19.5 Å². The number of aromatic amines is 1. The van der Waals surface area contributed by atoms with Crippen molar-refractivity contribution in [2.24, 2.45) is 0 Å². The summed E-state index contributed by atoms with van der Waals surface area (Å²) in [6, 6.07) is 2.12. The smallest absolute Gasteiger partial charge is 0.139 e. The van der Waals surface area contributed by atoms with Gasteiger partial charge in [0.25, 0.3) is 0 Å². The number of imidazole rings is 1. The highest BCUT2D eigenvalue weighted by Gasteiger charge is 2.22. The number of aliphatic hydroxyl groups is 1. The quantitative estimate of drug-likeness (QED) is 0.756. The third-order valence-electron chi connectivity index (χ3n) is 3.83. The van der Waals surface area contributed by atoms with Crippen molar-refractivity contribution in [2.75, 3.05) is 13.7 Å². The number of methoxy groups -OCH3 is 1. The topological polar surface area (TPSA) is 76.0 Å². The Hall–Kier alpha value is -1.92. The molecule has 3 aromatic heterocycles. The van der Waals surface area contributed by atoms with Gasteiger partial charge in [0.05, 0.1) is 24.4 Å². The molecule has 0 amide bonds. The molecule has 0 unspecified atom stereocenters. The van der Waals surface area contributed by atoms with Gasteiger partial charge in [0.1, 0.15) is 23.1 Å². The van der Waals surface area contributed by atoms with Crippen LogP contribution in [0, 0.1) is 0 Å². The highest BCUT2D eigenvalue weighted by atomic mass is 16.5. The Morgan fingerprint density at radius 1 is 1.48 bits per heavy atom. The van der Waals surface area contributed by atoms with E-state index in [0.717, 1.165) is 28.5 Å². The molecule has 0 saturated carbocycles. The van der Waals surface area contributed by atoms with Gasteiger partial charge in [0, 0.05) is 18.7 Å². The Labute approximate surface area is 122 Å². The zero-order valence-electron chi connectivity index (χ0n) is 12.5. The van der Waals surface area contributed by atoms with E-state index >= 15 is 0 Å². The molecule has 0 aliphatic rings. The Morgan fingerprint density at radius 3 is 2.95 bits per heavy atom. The maximum absolute atomic E-state index is 10.1. The molecule has 0 spiro atoms. The van der Waals surface area contributed by atoms with E-state index in [-0.39, 0.29) is 6.04 Å². The monoisotopic (exact) mass is 288 g/mol. The van der Waals surface area contributed by atoms with Gasteiger partial charge in [0.2, 0.25) is 0 Å². The Bertz CT molecular complexity index is 760. The summed E-state index contributed by atoms with van der Waals surface area (Å²) in [6.07, 6.45) is 3.87. The van der Waals surface area contributed by atoms with E-state index in [0.29, 0.717) is 12.4 Å². The molecule has 0 aliphatic carbocycles. The molecule has 0 bridgehead atoms. The van der Waals surface area contributed by atoms with Gasteiger partial charge in [-0.1, -0.05) is 6.92 Å². The number of fused-ring (bicyclic) bond motifs is 3. The van der Waals surface area contributed by atoms with Gasteiger partial charge in [0.15, 0.2) is 0 Å². The van der Waals surface area contributed by atoms with Crippen molar-refractivity contribution in [3.63, 3.8) is 0 Å². The van der Waals surface area contributed by atoms with Crippen LogP contribution in [0.4, 0.5) is 0 Å². The summed E-state index contributed by atoms with van der Waals surface area (Å²) < 4.78 is 7.44. The first kappa shape index (κ1) is 14.0. The molecule has 3 heterocycles. The van der Waals surface area contributed by atoms with Gasteiger partial charge in [-0.3, -0.25) is 0 Å². The average molecular weight is 288 g/mol. The van der Waals surface area contributed by atoms with Crippen LogP contribution in [-0.4, -0.2) is 38.3 Å². The van der Waals surface area contributed by atoms with E-state index in [1.807, 2.05) is 12.3 Å². The SMILES string of the molecule is CC[C@@H](COC)n1c([C@@H](C)O)nc2cnc3[nH]ccc3c21. The molecule has 3 aromatic rings. The van der Waals surface area contributed by atoms with Crippen LogP contribution in [0.2, 0.25) is 0 Å². The van der Waals surface area contributed by atoms with Gasteiger partial charge in [-0.05, 0) is 19.4 Å². The highest BCUT2D eigenvalue weighted by Crippen LogP contribution is 2.31. The van der Waals surface area contributed by atoms with Gasteiger partial charge < -0.3 is 19.4 Å². The number of rotatable bonds is 5. The van der Waals surface area contributed by atoms with Crippen molar-refractivity contribution in [3.8, 4) is 0 Å². The maximum Gasteiger partial charge on any atom is 0.139 e. The summed E-state index contributed by atoms with van der Waals surface area (Å²) >= 11 is 0. The second-order valence-corrected chi connectivity index (χ2v) is 5.27. The number of aliphatic hydroxyl groups excluding tert-OH is 1. The molecule has 21 heavy (non-hydrogen) atoms. The lowest BCUT2D eigenvalue weighted by Gasteiger charge is -2.21. The lowest BCUT2D eigenvalue weighted by atomic mass is 10.2. The van der Waals surface area contributed by atoms with Crippen molar-refractivity contribution >= 4 is 22.1 Å². The second-order valence-electron chi connectivity index (χ2n) is 5.27. The normalized spacial score (nSPS) is 14.9. The predicted octanol–water partition coefficient (Wildman–Crippen LogP) is 2.56. The molecule has 112 valence electrons. The molecule has 0 aromatic carbocycles. The Balaban J connectivity index is 2.35. The van der Waals surface area contributed by atoms with Gasteiger partial charge in [-0.2, -0.15) is 0 Å². The van der Waals surface area contributed by atoms with E-state index in [1.54, 1.807) is 20.2 Å². The van der Waals surface area contributed by atoms with Gasteiger partial charge in [-0.15, -0.1) is 0 Å². The fraction of sp³-hybridized carbons (Fsp3) is 0.467. The van der Waals surface area contributed by atoms with Crippen molar-refractivity contribution in [3.05, 3.63) is 24.3 Å². The number of aromatic nitrogens is 4. The molecule has 6 nitrogen and oxygen atoms in total. The highest BCUT2D eigenvalue weighted by molar-refractivity contribution is 6.01. The lowest BCUT2D eigenvalue weighted by Crippen LogP contribution is -2.18. The number of hydrogen-bond acceptors (Lipinski definition) is 4. The first-order valence-corrected chi connectivity index (χ1v) is 7.18. The maximum atomic E-state index is 10.1. The molecule has 6 heteroatoms. The van der Waals surface area contributed by atoms with E-state index < -0.39 is 6.10 Å². The molecular weight excluding hydrogens is 268 g/mol. The van der Waals surface area contributed by atoms with Crippen LogP contribution >= 0.6 is 0 Å². The number of pyridine rings is 1. The minimum Gasteiger partial charge on any atom is -0.385 e. The summed E-state index contributed by atoms with van der Waals surface area (Å²) in [6.45, 7) is 4.42. The molecule has 0 aliphatic heterocycles. The molecule has 2 atom stereocenters. The van der Waals surface area contributed by atoms with Crippen molar-refractivity contribution in [1.29, 1.82) is 0 Å². The van der Waals surface area contributed by atoms with Crippen molar-refractivity contribution < 1.29 is 9.84 Å². The molecule has 0 radical (unpaired) electrons. The van der Waals surface area contributed by atoms with Gasteiger partial charge in [-0.25, -0.2) is 9.97 Å². The minimum absolute atomic E-state index is 0.130. The molecule has 2 N–H and O–H groups in total. The second kappa shape index (κ2) is 5.46. The predicted molar refractivity (Wildman–Crippen MR) is 81.2 cm³/mol. The largest absolute Gasteiger partial charge is 0.385 e. The van der Waals surface area contributed by atoms with Crippen LogP contribution in [0.15, 0.2) is 18.5 Å². The number of ether oxygens (including phenoxy) is 1. The number of nitrogens with one attached hydrogen (secondary N) is 1. The third-order valence-corrected chi connectivity index (χ3v) is 3.83. The average Bonchev–Trinajstić information content (AvgIpc) is 3.07. The first-order chi connectivity index (χ1) is 10.2. The summed E-state index contributed by atoms with van der Waals surface area (Å²) in [4.78, 5) is 12.1. The Kier molecular flexibility index (Phi) is 3.65. The number of hydrogen-bond donors (Lipinski definition) is 2. The Morgan fingerprint density at radius 2 is 2.29 bits per heavy atom. The zero-order chi connectivity index (χ0) is 15.0. The van der Waals surface area contributed by atoms with E-state index in [1.165, 1.54) is 0 Å². The fourth-order valence-corrected chi connectivity index (χ4v) is 2.84. The van der Waals surface area contributed by atoms with Crippen LogP contribution in [0.1, 0.15) is 38.2 Å². The van der Waals surface area contributed by atoms with Crippen molar-refractivity contribution in [2.45, 2.75) is 32.4 Å². The van der Waals surface area contributed by atoms with E-state index in [2.05, 4.69) is 26.4 Å². The molecule has 0 saturated heterocycles. The standard InChI is InChI=1S/C15H20N4O2/c1-4-10(8-21-3)19-13-11-5-6-16-14(11)17-7-12(13)18-15(19)9(2)20/h5-7,9-10,20H,4,8H2,1-3H3,(H,16,17)/t9-,10+/m1/s1. The summed E-state index contributed by atoms with van der Waals surface area (Å²) in [5.41, 5.74) is 2.63. The fourth-order valence-electron chi connectivity index (χ4n) is 2.84. The summed E-state index contributed by atoms with van der Waals surface area (Å²) in [7, 11) is 1.69. The van der Waals surface area contributed by atoms with E-state index in [4.69, 9.17) is 4.74 Å². The first-order valence-electron chi connectivity index (χ1n) is 7.18. The van der Waals surface area contributed by atoms with Crippen LogP contribution in [-0.2, 0) is 4.74 Å². The summed E-state index contributed by atoms with van der Waals surface area (Å²) in [5.74, 6) is 0.657. The third kappa shape index (κ3) is 2.20. The molecular formula is C15H20N4O2. The van der Waals surface area contributed by atoms with Gasteiger partial charge >= 0.3 is 0 Å². The van der Waals surface area contributed by atoms with Crippen LogP contribution in [0.5, 0.6) is 0 Å². The summed E-state index contributed by atoms with van der Waals surface area (Å²) in [5, 5.41) is 11.1. The van der Waals surface area contributed by atoms with Crippen LogP contribution < -0.4 is 0 Å². The number of nitrogens with zero attached hydrogens (tertiary/aromatic N) is 3. The zero-order valence-corrected chi connectivity index (χ0v) is 12.5. The van der Waals surface area contributed by atoms with E-state index in [9.17, 15) is 5.11 Å². The lowest BCUT2D eigenvalue weighted by molar-refractivity contribution is 0.140. The van der Waals surface area contributed by atoms with Crippen LogP contribution in [0.3, 0.4) is 0 Å². The molecule has 3 rings (SSSR count). The molecule has 0 fully saturated rings. The van der Waals surface area contributed by atoms with Crippen LogP contribution in [0.25, 0.3) is 22.1 Å². The minimum atomic E-state index is -0.641.